The zero-order valence-electron chi connectivity index (χ0n) is 11.6. The van der Waals surface area contributed by atoms with Gasteiger partial charge in [0.05, 0.1) is 7.11 Å². The van der Waals surface area contributed by atoms with Gasteiger partial charge in [-0.25, -0.2) is 4.39 Å². The lowest BCUT2D eigenvalue weighted by Gasteiger charge is -2.13. The average molecular weight is 275 g/mol. The molecule has 0 saturated heterocycles. The summed E-state index contributed by atoms with van der Waals surface area (Å²) in [5.74, 6) is 1.02. The Hall–Kier alpha value is -2.07. The van der Waals surface area contributed by atoms with E-state index < -0.39 is 0 Å². The van der Waals surface area contributed by atoms with Crippen LogP contribution in [0.25, 0.3) is 0 Å². The maximum Gasteiger partial charge on any atom is 0.161 e. The van der Waals surface area contributed by atoms with Crippen molar-refractivity contribution in [3.8, 4) is 11.5 Å². The minimum Gasteiger partial charge on any atom is -0.493 e. The molecule has 0 aliphatic rings. The Bertz CT molecular complexity index is 567. The van der Waals surface area contributed by atoms with Gasteiger partial charge in [0, 0.05) is 6.04 Å². The number of hydrogen-bond acceptors (Lipinski definition) is 3. The van der Waals surface area contributed by atoms with Crippen LogP contribution < -0.4 is 15.2 Å². The van der Waals surface area contributed by atoms with E-state index in [0.29, 0.717) is 18.1 Å². The van der Waals surface area contributed by atoms with Crippen molar-refractivity contribution < 1.29 is 13.9 Å². The molecule has 2 N–H and O–H groups in total. The summed E-state index contributed by atoms with van der Waals surface area (Å²) in [6, 6.07) is 11.8. The topological polar surface area (TPSA) is 44.5 Å². The van der Waals surface area contributed by atoms with Crippen molar-refractivity contribution in [2.24, 2.45) is 5.73 Å². The molecule has 0 fully saturated rings. The molecule has 1 unspecified atom stereocenters. The highest BCUT2D eigenvalue weighted by Gasteiger charge is 2.08. The van der Waals surface area contributed by atoms with Crippen molar-refractivity contribution in [2.45, 2.75) is 19.6 Å². The fraction of sp³-hybridized carbons (Fsp3) is 0.250. The summed E-state index contributed by atoms with van der Waals surface area (Å²) >= 11 is 0. The minimum atomic E-state index is -0.257. The van der Waals surface area contributed by atoms with Crippen LogP contribution in [0.5, 0.6) is 11.5 Å². The number of hydrogen-bond donors (Lipinski definition) is 1. The van der Waals surface area contributed by atoms with E-state index in [1.165, 1.54) is 12.1 Å². The molecule has 4 heteroatoms. The van der Waals surface area contributed by atoms with Crippen LogP contribution in [0.2, 0.25) is 0 Å². The van der Waals surface area contributed by atoms with E-state index in [-0.39, 0.29) is 11.9 Å². The Morgan fingerprint density at radius 3 is 2.40 bits per heavy atom. The third kappa shape index (κ3) is 3.48. The maximum absolute atomic E-state index is 12.8. The smallest absolute Gasteiger partial charge is 0.161 e. The van der Waals surface area contributed by atoms with Crippen molar-refractivity contribution >= 4 is 0 Å². The SMILES string of the molecule is COc1cc(C(C)N)ccc1OCc1ccc(F)cc1. The van der Waals surface area contributed by atoms with Crippen molar-refractivity contribution in [1.82, 2.24) is 0 Å². The van der Waals surface area contributed by atoms with Crippen LogP contribution in [0.15, 0.2) is 42.5 Å². The summed E-state index contributed by atoms with van der Waals surface area (Å²) in [6.07, 6.45) is 0. The molecule has 0 aliphatic heterocycles. The van der Waals surface area contributed by atoms with Gasteiger partial charge in [-0.05, 0) is 42.3 Å². The van der Waals surface area contributed by atoms with E-state index >= 15 is 0 Å². The molecule has 106 valence electrons. The molecule has 2 aromatic rings. The van der Waals surface area contributed by atoms with E-state index in [0.717, 1.165) is 11.1 Å². The Morgan fingerprint density at radius 1 is 1.10 bits per heavy atom. The minimum absolute atomic E-state index is 0.0601. The third-order valence-electron chi connectivity index (χ3n) is 3.02. The lowest BCUT2D eigenvalue weighted by molar-refractivity contribution is 0.284. The van der Waals surface area contributed by atoms with Crippen LogP contribution in [0.3, 0.4) is 0 Å². The molecule has 0 aromatic heterocycles. The van der Waals surface area contributed by atoms with Gasteiger partial charge < -0.3 is 15.2 Å². The first-order chi connectivity index (χ1) is 9.60. The average Bonchev–Trinajstić information content (AvgIpc) is 2.46. The molecule has 0 spiro atoms. The van der Waals surface area contributed by atoms with Crippen molar-refractivity contribution in [2.75, 3.05) is 7.11 Å². The second kappa shape index (κ2) is 6.39. The predicted molar refractivity (Wildman–Crippen MR) is 76.3 cm³/mol. The highest BCUT2D eigenvalue weighted by Crippen LogP contribution is 2.30. The molecule has 2 rings (SSSR count). The normalized spacial score (nSPS) is 12.0. The van der Waals surface area contributed by atoms with Crippen LogP contribution in [-0.2, 0) is 6.61 Å². The number of rotatable bonds is 5. The molecule has 3 nitrogen and oxygen atoms in total. The summed E-state index contributed by atoms with van der Waals surface area (Å²) in [5.41, 5.74) is 7.71. The van der Waals surface area contributed by atoms with Gasteiger partial charge in [-0.15, -0.1) is 0 Å². The van der Waals surface area contributed by atoms with E-state index in [1.807, 2.05) is 25.1 Å². The first kappa shape index (κ1) is 14.3. The Morgan fingerprint density at radius 2 is 1.80 bits per heavy atom. The fourth-order valence-electron chi connectivity index (χ4n) is 1.83. The molecule has 1 atom stereocenters. The van der Waals surface area contributed by atoms with Crippen molar-refractivity contribution in [3.63, 3.8) is 0 Å². The molecule has 0 saturated carbocycles. The highest BCUT2D eigenvalue weighted by molar-refractivity contribution is 5.43. The molecule has 0 aliphatic carbocycles. The van der Waals surface area contributed by atoms with Crippen LogP contribution in [-0.4, -0.2) is 7.11 Å². The number of halogens is 1. The second-order valence-corrected chi connectivity index (χ2v) is 4.61. The Kier molecular flexibility index (Phi) is 4.58. The maximum atomic E-state index is 12.8. The molecule has 20 heavy (non-hydrogen) atoms. The van der Waals surface area contributed by atoms with E-state index in [4.69, 9.17) is 15.2 Å². The van der Waals surface area contributed by atoms with Crippen LogP contribution in [0.1, 0.15) is 24.1 Å². The first-order valence-electron chi connectivity index (χ1n) is 6.41. The largest absolute Gasteiger partial charge is 0.493 e. The van der Waals surface area contributed by atoms with Gasteiger partial charge in [-0.1, -0.05) is 18.2 Å². The Labute approximate surface area is 118 Å². The monoisotopic (exact) mass is 275 g/mol. The second-order valence-electron chi connectivity index (χ2n) is 4.61. The van der Waals surface area contributed by atoms with Crippen LogP contribution in [0, 0.1) is 5.82 Å². The summed E-state index contributed by atoms with van der Waals surface area (Å²) in [7, 11) is 1.59. The van der Waals surface area contributed by atoms with Crippen LogP contribution in [0.4, 0.5) is 4.39 Å². The third-order valence-corrected chi connectivity index (χ3v) is 3.02. The molecule has 0 amide bonds. The lowest BCUT2D eigenvalue weighted by Crippen LogP contribution is -2.05. The number of methoxy groups -OCH3 is 1. The van der Waals surface area contributed by atoms with Crippen molar-refractivity contribution in [3.05, 3.63) is 59.4 Å². The predicted octanol–water partition coefficient (Wildman–Crippen LogP) is 3.43. The van der Waals surface area contributed by atoms with Crippen LogP contribution >= 0.6 is 0 Å². The number of benzene rings is 2. The summed E-state index contributed by atoms with van der Waals surface area (Å²) in [4.78, 5) is 0. The standard InChI is InChI=1S/C16H18FNO2/c1-11(18)13-5-8-15(16(9-13)19-2)20-10-12-3-6-14(17)7-4-12/h3-9,11H,10,18H2,1-2H3. The summed E-state index contributed by atoms with van der Waals surface area (Å²) in [6.45, 7) is 2.27. The Balaban J connectivity index is 2.10. The molecule has 0 bridgehead atoms. The summed E-state index contributed by atoms with van der Waals surface area (Å²) < 4.78 is 23.8. The highest BCUT2D eigenvalue weighted by atomic mass is 19.1. The van der Waals surface area contributed by atoms with Gasteiger partial charge in [0.2, 0.25) is 0 Å². The molecule has 0 heterocycles. The van der Waals surface area contributed by atoms with E-state index in [2.05, 4.69) is 0 Å². The molecular formula is C16H18FNO2. The van der Waals surface area contributed by atoms with Gasteiger partial charge >= 0.3 is 0 Å². The van der Waals surface area contributed by atoms with Gasteiger partial charge in [-0.3, -0.25) is 0 Å². The van der Waals surface area contributed by atoms with E-state index in [1.54, 1.807) is 19.2 Å². The zero-order chi connectivity index (χ0) is 14.5. The van der Waals surface area contributed by atoms with E-state index in [9.17, 15) is 4.39 Å². The first-order valence-corrected chi connectivity index (χ1v) is 6.41. The van der Waals surface area contributed by atoms with Gasteiger partial charge in [0.15, 0.2) is 11.5 Å². The molecule has 0 radical (unpaired) electrons. The van der Waals surface area contributed by atoms with Crippen molar-refractivity contribution in [1.29, 1.82) is 0 Å². The van der Waals surface area contributed by atoms with Gasteiger partial charge in [0.1, 0.15) is 12.4 Å². The van der Waals surface area contributed by atoms with Gasteiger partial charge in [-0.2, -0.15) is 0 Å². The zero-order valence-corrected chi connectivity index (χ0v) is 11.6. The van der Waals surface area contributed by atoms with Gasteiger partial charge in [0.25, 0.3) is 0 Å². The number of ether oxygens (including phenoxy) is 2. The number of nitrogens with two attached hydrogens (primary N) is 1. The fourth-order valence-corrected chi connectivity index (χ4v) is 1.83. The molecule has 2 aromatic carbocycles. The summed E-state index contributed by atoms with van der Waals surface area (Å²) in [5, 5.41) is 0. The lowest BCUT2D eigenvalue weighted by atomic mass is 10.1. The molecular weight excluding hydrogens is 257 g/mol. The quantitative estimate of drug-likeness (QED) is 0.909.